The third-order valence-electron chi connectivity index (χ3n) is 4.40. The molecule has 2 aromatic heterocycles. The Bertz CT molecular complexity index is 936. The normalized spacial score (nSPS) is 10.5. The number of furan rings is 1. The van der Waals surface area contributed by atoms with E-state index in [1.807, 2.05) is 18.2 Å². The van der Waals surface area contributed by atoms with Gasteiger partial charge in [0, 0.05) is 30.1 Å². The highest BCUT2D eigenvalue weighted by molar-refractivity contribution is 5.94. The Labute approximate surface area is 163 Å². The Morgan fingerprint density at radius 3 is 2.64 bits per heavy atom. The van der Waals surface area contributed by atoms with Crippen LogP contribution >= 0.6 is 0 Å². The Morgan fingerprint density at radius 1 is 1.14 bits per heavy atom. The molecule has 6 nitrogen and oxygen atoms in total. The van der Waals surface area contributed by atoms with E-state index in [1.54, 1.807) is 54.9 Å². The third kappa shape index (κ3) is 4.85. The fraction of sp³-hybridized carbons (Fsp3) is 0.227. The van der Waals surface area contributed by atoms with Gasteiger partial charge in [0.15, 0.2) is 5.78 Å². The number of benzene rings is 1. The number of Topliss-reactive ketones (excluding diaryl/α,β-unsaturated/α-hetero) is 1. The van der Waals surface area contributed by atoms with Crippen molar-refractivity contribution in [3.8, 4) is 5.75 Å². The van der Waals surface area contributed by atoms with Gasteiger partial charge >= 0.3 is 0 Å². The Balaban J connectivity index is 1.84. The summed E-state index contributed by atoms with van der Waals surface area (Å²) in [6.07, 6.45) is 5.13. The molecule has 0 fully saturated rings. The fourth-order valence-corrected chi connectivity index (χ4v) is 2.95. The Kier molecular flexibility index (Phi) is 6.22. The van der Waals surface area contributed by atoms with E-state index in [0.29, 0.717) is 35.7 Å². The number of ether oxygens (including phenoxy) is 1. The number of nitrogens with zero attached hydrogens (tertiary/aromatic N) is 2. The highest BCUT2D eigenvalue weighted by atomic mass is 16.5. The summed E-state index contributed by atoms with van der Waals surface area (Å²) < 4.78 is 10.8. The summed E-state index contributed by atoms with van der Waals surface area (Å²) in [7, 11) is 1.55. The maximum atomic E-state index is 13.1. The summed E-state index contributed by atoms with van der Waals surface area (Å²) >= 11 is 0. The van der Waals surface area contributed by atoms with Crippen molar-refractivity contribution in [3.05, 3.63) is 83.6 Å². The molecule has 0 atom stereocenters. The number of ketones is 1. The van der Waals surface area contributed by atoms with E-state index in [4.69, 9.17) is 9.15 Å². The van der Waals surface area contributed by atoms with Crippen LogP contribution in [0.2, 0.25) is 0 Å². The van der Waals surface area contributed by atoms with Crippen LogP contribution < -0.4 is 4.74 Å². The van der Waals surface area contributed by atoms with Gasteiger partial charge in [-0.2, -0.15) is 0 Å². The quantitative estimate of drug-likeness (QED) is 0.560. The summed E-state index contributed by atoms with van der Waals surface area (Å²) in [4.78, 5) is 30.7. The first kappa shape index (κ1) is 19.4. The summed E-state index contributed by atoms with van der Waals surface area (Å²) in [5, 5.41) is 0. The molecule has 0 aliphatic heterocycles. The largest absolute Gasteiger partial charge is 0.496 e. The van der Waals surface area contributed by atoms with Crippen molar-refractivity contribution in [2.24, 2.45) is 0 Å². The first-order chi connectivity index (χ1) is 13.6. The van der Waals surface area contributed by atoms with Gasteiger partial charge in [0.25, 0.3) is 0 Å². The standard InChI is InChI=1S/C22H22N2O4/c1-16(25)18-7-8-21(27-2)19(11-18)12-22(26)24(15-20-6-4-10-28-20)14-17-5-3-9-23-13-17/h3-11,13H,12,14-15H2,1-2H3. The van der Waals surface area contributed by atoms with Crippen molar-refractivity contribution in [1.29, 1.82) is 0 Å². The monoisotopic (exact) mass is 378 g/mol. The van der Waals surface area contributed by atoms with Crippen LogP contribution in [0.1, 0.15) is 34.2 Å². The molecule has 1 aromatic carbocycles. The molecule has 0 saturated heterocycles. The van der Waals surface area contributed by atoms with Crippen LogP contribution in [0.15, 0.2) is 65.5 Å². The van der Waals surface area contributed by atoms with Crippen molar-refractivity contribution in [1.82, 2.24) is 9.88 Å². The van der Waals surface area contributed by atoms with Crippen LogP contribution in [0, 0.1) is 0 Å². The maximum Gasteiger partial charge on any atom is 0.227 e. The van der Waals surface area contributed by atoms with Crippen molar-refractivity contribution < 1.29 is 18.7 Å². The fourth-order valence-electron chi connectivity index (χ4n) is 2.95. The second-order valence-electron chi connectivity index (χ2n) is 6.45. The molecular formula is C22H22N2O4. The number of rotatable bonds is 8. The van der Waals surface area contributed by atoms with E-state index in [2.05, 4.69) is 4.98 Å². The van der Waals surface area contributed by atoms with E-state index >= 15 is 0 Å². The summed E-state index contributed by atoms with van der Waals surface area (Å²) in [6, 6.07) is 12.5. The van der Waals surface area contributed by atoms with Crippen LogP contribution in [-0.4, -0.2) is 28.7 Å². The zero-order chi connectivity index (χ0) is 19.9. The predicted octanol–water partition coefficient (Wildman–Crippen LogP) is 3.66. The van der Waals surface area contributed by atoms with E-state index in [1.165, 1.54) is 6.92 Å². The van der Waals surface area contributed by atoms with Crippen molar-refractivity contribution in [3.63, 3.8) is 0 Å². The molecule has 0 bridgehead atoms. The Morgan fingerprint density at radius 2 is 2.00 bits per heavy atom. The van der Waals surface area contributed by atoms with E-state index in [0.717, 1.165) is 5.56 Å². The lowest BCUT2D eigenvalue weighted by Crippen LogP contribution is -2.31. The number of methoxy groups -OCH3 is 1. The number of hydrogen-bond acceptors (Lipinski definition) is 5. The average molecular weight is 378 g/mol. The molecule has 0 radical (unpaired) electrons. The molecule has 6 heteroatoms. The number of pyridine rings is 1. The molecule has 0 spiro atoms. The van der Waals surface area contributed by atoms with Crippen molar-refractivity contribution in [2.75, 3.05) is 7.11 Å². The molecule has 3 rings (SSSR count). The molecule has 2 heterocycles. The minimum Gasteiger partial charge on any atom is -0.496 e. The minimum atomic E-state index is -0.0979. The molecule has 0 aliphatic rings. The van der Waals surface area contributed by atoms with Gasteiger partial charge in [-0.25, -0.2) is 0 Å². The zero-order valence-electron chi connectivity index (χ0n) is 15.9. The minimum absolute atomic E-state index is 0.0563. The molecular weight excluding hydrogens is 356 g/mol. The van der Waals surface area contributed by atoms with Gasteiger partial charge in [-0.15, -0.1) is 0 Å². The van der Waals surface area contributed by atoms with Gasteiger partial charge in [0.05, 0.1) is 26.3 Å². The molecule has 144 valence electrons. The lowest BCUT2D eigenvalue weighted by Gasteiger charge is -2.22. The molecule has 0 saturated carbocycles. The average Bonchev–Trinajstić information content (AvgIpc) is 3.21. The Hall–Kier alpha value is -3.41. The van der Waals surface area contributed by atoms with Gasteiger partial charge in [-0.3, -0.25) is 14.6 Å². The van der Waals surface area contributed by atoms with Gasteiger partial charge in [0.1, 0.15) is 11.5 Å². The maximum absolute atomic E-state index is 13.1. The number of amides is 1. The van der Waals surface area contributed by atoms with E-state index in [9.17, 15) is 9.59 Å². The topological polar surface area (TPSA) is 72.6 Å². The molecule has 0 N–H and O–H groups in total. The SMILES string of the molecule is COc1ccc(C(C)=O)cc1CC(=O)N(Cc1cccnc1)Cc1ccco1. The van der Waals surface area contributed by atoms with Crippen molar-refractivity contribution in [2.45, 2.75) is 26.4 Å². The first-order valence-corrected chi connectivity index (χ1v) is 8.93. The zero-order valence-corrected chi connectivity index (χ0v) is 15.9. The van der Waals surface area contributed by atoms with Gasteiger partial charge < -0.3 is 14.1 Å². The summed E-state index contributed by atoms with van der Waals surface area (Å²) in [6.45, 7) is 2.25. The summed E-state index contributed by atoms with van der Waals surface area (Å²) in [5.41, 5.74) is 2.15. The molecule has 28 heavy (non-hydrogen) atoms. The molecule has 3 aromatic rings. The lowest BCUT2D eigenvalue weighted by molar-refractivity contribution is -0.132. The second kappa shape index (κ2) is 8.99. The predicted molar refractivity (Wildman–Crippen MR) is 104 cm³/mol. The van der Waals surface area contributed by atoms with E-state index < -0.39 is 0 Å². The van der Waals surface area contributed by atoms with Gasteiger partial charge in [-0.1, -0.05) is 6.07 Å². The lowest BCUT2D eigenvalue weighted by atomic mass is 10.0. The number of carbonyl (C=O) groups is 2. The van der Waals surface area contributed by atoms with Crippen LogP contribution in [0.25, 0.3) is 0 Å². The van der Waals surface area contributed by atoms with Crippen LogP contribution in [0.4, 0.5) is 0 Å². The number of hydrogen-bond donors (Lipinski definition) is 0. The second-order valence-corrected chi connectivity index (χ2v) is 6.45. The van der Waals surface area contributed by atoms with Gasteiger partial charge in [-0.05, 0) is 48.9 Å². The highest BCUT2D eigenvalue weighted by Crippen LogP contribution is 2.22. The summed E-state index contributed by atoms with van der Waals surface area (Å²) in [5.74, 6) is 1.12. The molecule has 0 aliphatic carbocycles. The van der Waals surface area contributed by atoms with Crippen LogP contribution in [-0.2, 0) is 24.3 Å². The van der Waals surface area contributed by atoms with E-state index in [-0.39, 0.29) is 18.1 Å². The van der Waals surface area contributed by atoms with Crippen LogP contribution in [0.3, 0.4) is 0 Å². The first-order valence-electron chi connectivity index (χ1n) is 8.93. The van der Waals surface area contributed by atoms with Crippen LogP contribution in [0.5, 0.6) is 5.75 Å². The smallest absolute Gasteiger partial charge is 0.227 e. The molecule has 0 unspecified atom stereocenters. The highest BCUT2D eigenvalue weighted by Gasteiger charge is 2.19. The number of carbonyl (C=O) groups excluding carboxylic acids is 2. The molecule has 1 amide bonds. The van der Waals surface area contributed by atoms with Crippen molar-refractivity contribution >= 4 is 11.7 Å². The number of aromatic nitrogens is 1. The van der Waals surface area contributed by atoms with Gasteiger partial charge in [0.2, 0.25) is 5.91 Å². The third-order valence-corrected chi connectivity index (χ3v) is 4.40.